The predicted octanol–water partition coefficient (Wildman–Crippen LogP) is 1.11. The van der Waals surface area contributed by atoms with Crippen LogP contribution in [0.4, 0.5) is 5.82 Å². The first-order valence-electron chi connectivity index (χ1n) is 6.71. The summed E-state index contributed by atoms with van der Waals surface area (Å²) < 4.78 is 23.8. The molecule has 0 aromatic carbocycles. The van der Waals surface area contributed by atoms with Crippen LogP contribution in [-0.2, 0) is 16.4 Å². The summed E-state index contributed by atoms with van der Waals surface area (Å²) in [6, 6.07) is 3.92. The van der Waals surface area contributed by atoms with Gasteiger partial charge >= 0.3 is 0 Å². The molecule has 7 heteroatoms. The average Bonchev–Trinajstić information content (AvgIpc) is 2.45. The second-order valence-electron chi connectivity index (χ2n) is 4.86. The number of sulfone groups is 1. The van der Waals surface area contributed by atoms with Crippen molar-refractivity contribution in [2.75, 3.05) is 35.8 Å². The van der Waals surface area contributed by atoms with Crippen LogP contribution < -0.4 is 10.2 Å². The van der Waals surface area contributed by atoms with Gasteiger partial charge in [0.15, 0.2) is 9.84 Å². The lowest BCUT2D eigenvalue weighted by molar-refractivity contribution is 0.583. The van der Waals surface area contributed by atoms with Crippen LogP contribution >= 0.6 is 11.8 Å². The standard InChI is InChI=1S/C13H21N3O2S2/c1-3-14-8-11-4-5-12(15-9-11)16-6-7-19-10-13(16)20(2,17)18/h4-5,9,13-14H,3,6-8,10H2,1-2H3. The Hall–Kier alpha value is -0.790. The Morgan fingerprint density at radius 1 is 1.50 bits per heavy atom. The number of hydrogen-bond acceptors (Lipinski definition) is 6. The van der Waals surface area contributed by atoms with Crippen molar-refractivity contribution >= 4 is 27.4 Å². The van der Waals surface area contributed by atoms with Gasteiger partial charge in [0.1, 0.15) is 11.2 Å². The number of nitrogens with zero attached hydrogens (tertiary/aromatic N) is 2. The van der Waals surface area contributed by atoms with E-state index in [9.17, 15) is 8.42 Å². The van der Waals surface area contributed by atoms with Gasteiger partial charge in [-0.2, -0.15) is 11.8 Å². The third-order valence-corrected chi connectivity index (χ3v) is 5.90. The maximum atomic E-state index is 11.9. The molecule has 2 heterocycles. The predicted molar refractivity (Wildman–Crippen MR) is 84.9 cm³/mol. The van der Waals surface area contributed by atoms with E-state index in [1.807, 2.05) is 23.2 Å². The van der Waals surface area contributed by atoms with E-state index in [2.05, 4.69) is 17.2 Å². The highest BCUT2D eigenvalue weighted by molar-refractivity contribution is 8.01. The molecule has 1 aliphatic rings. The molecule has 112 valence electrons. The summed E-state index contributed by atoms with van der Waals surface area (Å²) in [4.78, 5) is 6.34. The molecule has 1 unspecified atom stereocenters. The number of thioether (sulfide) groups is 1. The fourth-order valence-electron chi connectivity index (χ4n) is 2.16. The topological polar surface area (TPSA) is 62.3 Å². The average molecular weight is 315 g/mol. The number of anilines is 1. The summed E-state index contributed by atoms with van der Waals surface area (Å²) in [5.74, 6) is 2.30. The maximum Gasteiger partial charge on any atom is 0.169 e. The van der Waals surface area contributed by atoms with Crippen molar-refractivity contribution in [2.24, 2.45) is 0 Å². The van der Waals surface area contributed by atoms with E-state index in [1.165, 1.54) is 6.26 Å². The molecular weight excluding hydrogens is 294 g/mol. The van der Waals surface area contributed by atoms with Crippen LogP contribution in [0.1, 0.15) is 12.5 Å². The fraction of sp³-hybridized carbons (Fsp3) is 0.615. The van der Waals surface area contributed by atoms with Crippen LogP contribution in [-0.4, -0.2) is 49.6 Å². The van der Waals surface area contributed by atoms with Crippen molar-refractivity contribution in [3.05, 3.63) is 23.9 Å². The highest BCUT2D eigenvalue weighted by Crippen LogP contribution is 2.25. The summed E-state index contributed by atoms with van der Waals surface area (Å²) in [6.45, 7) is 4.49. The zero-order valence-electron chi connectivity index (χ0n) is 11.9. The Labute approximate surface area is 125 Å². The van der Waals surface area contributed by atoms with Gasteiger partial charge in [-0.15, -0.1) is 0 Å². The quantitative estimate of drug-likeness (QED) is 0.878. The van der Waals surface area contributed by atoms with Crippen LogP contribution in [0.2, 0.25) is 0 Å². The first-order chi connectivity index (χ1) is 9.52. The Balaban J connectivity index is 2.16. The molecule has 0 aliphatic carbocycles. The van der Waals surface area contributed by atoms with Gasteiger partial charge < -0.3 is 10.2 Å². The number of hydrogen-bond donors (Lipinski definition) is 1. The molecule has 20 heavy (non-hydrogen) atoms. The molecule has 1 fully saturated rings. The molecule has 2 rings (SSSR count). The molecule has 0 bridgehead atoms. The summed E-state index contributed by atoms with van der Waals surface area (Å²) >= 11 is 1.68. The minimum atomic E-state index is -3.09. The molecule has 0 radical (unpaired) electrons. The lowest BCUT2D eigenvalue weighted by Crippen LogP contribution is -2.47. The monoisotopic (exact) mass is 315 g/mol. The zero-order chi connectivity index (χ0) is 14.6. The van der Waals surface area contributed by atoms with Gasteiger partial charge in [0.2, 0.25) is 0 Å². The van der Waals surface area contributed by atoms with E-state index in [0.717, 1.165) is 36.8 Å². The molecule has 0 saturated carbocycles. The number of pyridine rings is 1. The van der Waals surface area contributed by atoms with E-state index in [1.54, 1.807) is 11.8 Å². The van der Waals surface area contributed by atoms with Gasteiger partial charge in [0.25, 0.3) is 0 Å². The first kappa shape index (κ1) is 15.6. The van der Waals surface area contributed by atoms with Gasteiger partial charge in [-0.1, -0.05) is 13.0 Å². The Morgan fingerprint density at radius 2 is 2.30 bits per heavy atom. The summed E-state index contributed by atoms with van der Waals surface area (Å²) in [7, 11) is -3.09. The molecule has 5 nitrogen and oxygen atoms in total. The third-order valence-electron chi connectivity index (χ3n) is 3.26. The van der Waals surface area contributed by atoms with Crippen molar-refractivity contribution in [2.45, 2.75) is 18.8 Å². The lowest BCUT2D eigenvalue weighted by atomic mass is 10.2. The number of rotatable bonds is 5. The molecule has 1 aromatic rings. The second kappa shape index (κ2) is 6.78. The van der Waals surface area contributed by atoms with E-state index in [0.29, 0.717) is 5.75 Å². The van der Waals surface area contributed by atoms with Crippen LogP contribution in [0.5, 0.6) is 0 Å². The second-order valence-corrected chi connectivity index (χ2v) is 8.21. The van der Waals surface area contributed by atoms with Gasteiger partial charge in [0.05, 0.1) is 0 Å². The normalized spacial score (nSPS) is 20.1. The van der Waals surface area contributed by atoms with Crippen LogP contribution in [0.25, 0.3) is 0 Å². The first-order valence-corrected chi connectivity index (χ1v) is 9.82. The molecule has 0 spiro atoms. The molecule has 1 atom stereocenters. The summed E-state index contributed by atoms with van der Waals surface area (Å²) in [6.07, 6.45) is 3.12. The number of aromatic nitrogens is 1. The van der Waals surface area contributed by atoms with Crippen molar-refractivity contribution in [1.29, 1.82) is 0 Å². The maximum absolute atomic E-state index is 11.9. The zero-order valence-corrected chi connectivity index (χ0v) is 13.5. The van der Waals surface area contributed by atoms with Crippen LogP contribution in [0.15, 0.2) is 18.3 Å². The summed E-state index contributed by atoms with van der Waals surface area (Å²) in [5.41, 5.74) is 1.11. The van der Waals surface area contributed by atoms with Gasteiger partial charge in [-0.3, -0.25) is 0 Å². The Bertz CT molecular complexity index is 531. The van der Waals surface area contributed by atoms with Gasteiger partial charge in [0, 0.05) is 37.0 Å². The van der Waals surface area contributed by atoms with Crippen molar-refractivity contribution in [3.8, 4) is 0 Å². The molecule has 1 aliphatic heterocycles. The lowest BCUT2D eigenvalue weighted by Gasteiger charge is -2.34. The van der Waals surface area contributed by atoms with E-state index in [4.69, 9.17) is 0 Å². The van der Waals surface area contributed by atoms with Crippen LogP contribution in [0, 0.1) is 0 Å². The Kier molecular flexibility index (Phi) is 5.29. The van der Waals surface area contributed by atoms with E-state index >= 15 is 0 Å². The number of nitrogens with one attached hydrogen (secondary N) is 1. The molecule has 1 N–H and O–H groups in total. The largest absolute Gasteiger partial charge is 0.338 e. The van der Waals surface area contributed by atoms with Crippen molar-refractivity contribution < 1.29 is 8.42 Å². The molecule has 1 saturated heterocycles. The van der Waals surface area contributed by atoms with Crippen LogP contribution in [0.3, 0.4) is 0 Å². The minimum absolute atomic E-state index is 0.464. The van der Waals surface area contributed by atoms with E-state index < -0.39 is 15.2 Å². The molecule has 0 amide bonds. The van der Waals surface area contributed by atoms with Crippen molar-refractivity contribution in [3.63, 3.8) is 0 Å². The van der Waals surface area contributed by atoms with E-state index in [-0.39, 0.29) is 0 Å². The van der Waals surface area contributed by atoms with Gasteiger partial charge in [-0.05, 0) is 18.2 Å². The third kappa shape index (κ3) is 3.86. The smallest absolute Gasteiger partial charge is 0.169 e. The van der Waals surface area contributed by atoms with Crippen molar-refractivity contribution in [1.82, 2.24) is 10.3 Å². The highest BCUT2D eigenvalue weighted by Gasteiger charge is 2.31. The van der Waals surface area contributed by atoms with Gasteiger partial charge in [-0.25, -0.2) is 13.4 Å². The molecular formula is C13H21N3O2S2. The highest BCUT2D eigenvalue weighted by atomic mass is 32.2. The Morgan fingerprint density at radius 3 is 2.90 bits per heavy atom. The summed E-state index contributed by atoms with van der Waals surface area (Å²) in [5, 5.41) is 2.78. The SMILES string of the molecule is CCNCc1ccc(N2CCSCC2S(C)(=O)=O)nc1. The molecule has 1 aromatic heterocycles. The minimum Gasteiger partial charge on any atom is -0.338 e. The fourth-order valence-corrected chi connectivity index (χ4v) is 4.99.